The first kappa shape index (κ1) is 17.9. The van der Waals surface area contributed by atoms with Crippen molar-refractivity contribution in [3.63, 3.8) is 0 Å². The van der Waals surface area contributed by atoms with Gasteiger partial charge in [-0.1, -0.05) is 12.1 Å². The molecule has 2 rings (SSSR count). The van der Waals surface area contributed by atoms with E-state index in [0.717, 1.165) is 29.0 Å². The fourth-order valence-corrected chi connectivity index (χ4v) is 2.26. The monoisotopic (exact) mass is 327 g/mol. The number of aryl methyl sites for hydroxylation is 2. The number of carbonyl (C=O) groups excluding carboxylic acids is 1. The van der Waals surface area contributed by atoms with Crippen LogP contribution < -0.4 is 15.8 Å². The molecule has 0 saturated carbocycles. The molecule has 0 bridgehead atoms. The third-order valence-corrected chi connectivity index (χ3v) is 3.84. The number of pyridine rings is 1. The van der Waals surface area contributed by atoms with Crippen molar-refractivity contribution in [2.75, 3.05) is 13.2 Å². The smallest absolute Gasteiger partial charge is 0.251 e. The van der Waals surface area contributed by atoms with Gasteiger partial charge in [0, 0.05) is 17.5 Å². The maximum absolute atomic E-state index is 12.5. The molecule has 0 unspecified atom stereocenters. The number of hydrogen-bond donors (Lipinski definition) is 2. The minimum absolute atomic E-state index is 0.117. The number of carbonyl (C=O) groups is 1. The van der Waals surface area contributed by atoms with Gasteiger partial charge in [-0.05, 0) is 63.1 Å². The highest BCUT2D eigenvalue weighted by atomic mass is 16.5. The molecule has 1 heterocycles. The zero-order chi connectivity index (χ0) is 17.5. The Labute approximate surface area is 143 Å². The number of nitrogens with one attached hydrogen (secondary N) is 1. The van der Waals surface area contributed by atoms with Crippen LogP contribution in [0.1, 0.15) is 46.6 Å². The lowest BCUT2D eigenvalue weighted by atomic mass is 10.1. The van der Waals surface area contributed by atoms with Crippen molar-refractivity contribution < 1.29 is 9.53 Å². The first-order valence-electron chi connectivity index (χ1n) is 8.18. The van der Waals surface area contributed by atoms with Crippen molar-refractivity contribution in [1.29, 1.82) is 0 Å². The number of nitrogens with two attached hydrogens (primary N) is 1. The van der Waals surface area contributed by atoms with Crippen molar-refractivity contribution in [2.24, 2.45) is 5.73 Å². The molecule has 24 heavy (non-hydrogen) atoms. The number of hydrogen-bond acceptors (Lipinski definition) is 4. The number of ether oxygens (including phenoxy) is 1. The van der Waals surface area contributed by atoms with E-state index in [0.29, 0.717) is 18.7 Å². The fourth-order valence-electron chi connectivity index (χ4n) is 2.26. The number of nitrogens with zero attached hydrogens (tertiary/aromatic N) is 1. The Hall–Kier alpha value is -2.40. The van der Waals surface area contributed by atoms with Crippen LogP contribution in [0, 0.1) is 13.8 Å². The average Bonchev–Trinajstić information content (AvgIpc) is 2.57. The van der Waals surface area contributed by atoms with E-state index >= 15 is 0 Å². The van der Waals surface area contributed by atoms with Gasteiger partial charge in [0.05, 0.1) is 12.6 Å². The summed E-state index contributed by atoms with van der Waals surface area (Å²) in [4.78, 5) is 16.7. The maximum atomic E-state index is 12.5. The standard InChI is InChI=1S/C19H25N3O2/c1-13-5-7-16(11-18(13)24-10-4-9-20)19(23)22-15(3)17-8-6-14(2)21-12-17/h5-8,11-12,15H,4,9-10,20H2,1-3H3,(H,22,23)/t15-/m1/s1. The Morgan fingerprint density at radius 3 is 2.75 bits per heavy atom. The summed E-state index contributed by atoms with van der Waals surface area (Å²) in [6.45, 7) is 6.97. The molecule has 0 spiro atoms. The molecule has 1 aromatic heterocycles. The minimum Gasteiger partial charge on any atom is -0.493 e. The highest BCUT2D eigenvalue weighted by molar-refractivity contribution is 5.95. The summed E-state index contributed by atoms with van der Waals surface area (Å²) in [5, 5.41) is 2.99. The summed E-state index contributed by atoms with van der Waals surface area (Å²) < 4.78 is 5.70. The quantitative estimate of drug-likeness (QED) is 0.767. The van der Waals surface area contributed by atoms with Crippen molar-refractivity contribution in [1.82, 2.24) is 10.3 Å². The van der Waals surface area contributed by atoms with Crippen LogP contribution in [0.15, 0.2) is 36.5 Å². The van der Waals surface area contributed by atoms with Crippen LogP contribution in [0.2, 0.25) is 0 Å². The number of rotatable bonds is 7. The van der Waals surface area contributed by atoms with E-state index in [9.17, 15) is 4.79 Å². The van der Waals surface area contributed by atoms with Gasteiger partial charge in [0.25, 0.3) is 5.91 Å². The highest BCUT2D eigenvalue weighted by Crippen LogP contribution is 2.21. The van der Waals surface area contributed by atoms with Crippen molar-refractivity contribution in [3.8, 4) is 5.75 Å². The van der Waals surface area contributed by atoms with E-state index in [-0.39, 0.29) is 11.9 Å². The zero-order valence-electron chi connectivity index (χ0n) is 14.5. The normalized spacial score (nSPS) is 11.8. The third-order valence-electron chi connectivity index (χ3n) is 3.84. The second kappa shape index (κ2) is 8.45. The largest absolute Gasteiger partial charge is 0.493 e. The molecule has 0 saturated heterocycles. The Kier molecular flexibility index (Phi) is 6.32. The number of amides is 1. The predicted octanol–water partition coefficient (Wildman–Crippen LogP) is 2.92. The molecule has 0 fully saturated rings. The Balaban J connectivity index is 2.06. The second-order valence-corrected chi connectivity index (χ2v) is 5.90. The SMILES string of the molecule is Cc1ccc([C@@H](C)NC(=O)c2ccc(C)c(OCCCN)c2)cn1. The van der Waals surface area contributed by atoms with Crippen LogP contribution in [0.5, 0.6) is 5.75 Å². The highest BCUT2D eigenvalue weighted by Gasteiger charge is 2.13. The fraction of sp³-hybridized carbons (Fsp3) is 0.368. The van der Waals surface area contributed by atoms with Crippen LogP contribution in [0.4, 0.5) is 0 Å². The molecular weight excluding hydrogens is 302 g/mol. The number of aromatic nitrogens is 1. The molecule has 0 aliphatic rings. The van der Waals surface area contributed by atoms with Crippen LogP contribution in [-0.2, 0) is 0 Å². The van der Waals surface area contributed by atoms with Crippen LogP contribution in [0.25, 0.3) is 0 Å². The van der Waals surface area contributed by atoms with Crippen molar-refractivity contribution in [3.05, 3.63) is 58.9 Å². The van der Waals surface area contributed by atoms with E-state index in [2.05, 4.69) is 10.3 Å². The Morgan fingerprint density at radius 1 is 1.29 bits per heavy atom. The van der Waals surface area contributed by atoms with Crippen molar-refractivity contribution in [2.45, 2.75) is 33.2 Å². The molecule has 0 aliphatic carbocycles. The molecule has 1 amide bonds. The van der Waals surface area contributed by atoms with Gasteiger partial charge in [-0.15, -0.1) is 0 Å². The summed E-state index contributed by atoms with van der Waals surface area (Å²) >= 11 is 0. The van der Waals surface area contributed by atoms with E-state index in [4.69, 9.17) is 10.5 Å². The molecule has 1 atom stereocenters. The number of benzene rings is 1. The lowest BCUT2D eigenvalue weighted by Gasteiger charge is -2.15. The van der Waals surface area contributed by atoms with Gasteiger partial charge in [0.15, 0.2) is 0 Å². The van der Waals surface area contributed by atoms with Gasteiger partial charge in [-0.25, -0.2) is 0 Å². The third kappa shape index (κ3) is 4.80. The van der Waals surface area contributed by atoms with Gasteiger partial charge in [-0.2, -0.15) is 0 Å². The Morgan fingerprint density at radius 2 is 2.08 bits per heavy atom. The first-order chi connectivity index (χ1) is 11.5. The minimum atomic E-state index is -0.133. The molecule has 5 nitrogen and oxygen atoms in total. The van der Waals surface area contributed by atoms with E-state index < -0.39 is 0 Å². The molecule has 2 aromatic rings. The van der Waals surface area contributed by atoms with E-state index in [1.54, 1.807) is 18.3 Å². The summed E-state index contributed by atoms with van der Waals surface area (Å²) in [5.41, 5.74) is 8.98. The first-order valence-corrected chi connectivity index (χ1v) is 8.18. The van der Waals surface area contributed by atoms with Gasteiger partial charge >= 0.3 is 0 Å². The summed E-state index contributed by atoms with van der Waals surface area (Å²) in [7, 11) is 0. The lowest BCUT2D eigenvalue weighted by Crippen LogP contribution is -2.26. The molecule has 3 N–H and O–H groups in total. The van der Waals surface area contributed by atoms with Gasteiger partial charge in [0.1, 0.15) is 5.75 Å². The van der Waals surface area contributed by atoms with Gasteiger partial charge < -0.3 is 15.8 Å². The maximum Gasteiger partial charge on any atom is 0.251 e. The lowest BCUT2D eigenvalue weighted by molar-refractivity contribution is 0.0939. The van der Waals surface area contributed by atoms with Gasteiger partial charge in [0.2, 0.25) is 0 Å². The Bertz CT molecular complexity index is 684. The topological polar surface area (TPSA) is 77.2 Å². The summed E-state index contributed by atoms with van der Waals surface area (Å²) in [5.74, 6) is 0.590. The second-order valence-electron chi connectivity index (χ2n) is 5.90. The molecular formula is C19H25N3O2. The predicted molar refractivity (Wildman–Crippen MR) is 95.2 cm³/mol. The molecule has 0 radical (unpaired) electrons. The molecule has 128 valence electrons. The zero-order valence-corrected chi connectivity index (χ0v) is 14.5. The van der Waals surface area contributed by atoms with Crippen LogP contribution in [0.3, 0.4) is 0 Å². The van der Waals surface area contributed by atoms with E-state index in [1.807, 2.05) is 39.0 Å². The summed E-state index contributed by atoms with van der Waals surface area (Å²) in [6.07, 6.45) is 2.57. The molecule has 1 aromatic carbocycles. The van der Waals surface area contributed by atoms with E-state index in [1.165, 1.54) is 0 Å². The van der Waals surface area contributed by atoms with Crippen LogP contribution in [-0.4, -0.2) is 24.0 Å². The molecule has 5 heteroatoms. The molecule has 0 aliphatic heterocycles. The van der Waals surface area contributed by atoms with Gasteiger partial charge in [-0.3, -0.25) is 9.78 Å². The van der Waals surface area contributed by atoms with Crippen molar-refractivity contribution >= 4 is 5.91 Å². The summed E-state index contributed by atoms with van der Waals surface area (Å²) in [6, 6.07) is 9.28. The average molecular weight is 327 g/mol. The van der Waals surface area contributed by atoms with Crippen LogP contribution >= 0.6 is 0 Å².